The highest BCUT2D eigenvalue weighted by Crippen LogP contribution is 2.36. The summed E-state index contributed by atoms with van der Waals surface area (Å²) in [7, 11) is 1.58. The molecule has 1 amide bonds. The van der Waals surface area contributed by atoms with Gasteiger partial charge in [-0.15, -0.1) is 0 Å². The van der Waals surface area contributed by atoms with Gasteiger partial charge in [-0.2, -0.15) is 0 Å². The average molecular weight is 316 g/mol. The molecule has 0 fully saturated rings. The normalized spacial score (nSPS) is 16.2. The van der Waals surface area contributed by atoms with E-state index in [0.717, 1.165) is 12.8 Å². The number of anilines is 1. The number of carbonyl (C=O) groups is 1. The van der Waals surface area contributed by atoms with Crippen LogP contribution in [0.25, 0.3) is 0 Å². The van der Waals surface area contributed by atoms with Crippen LogP contribution in [0.1, 0.15) is 29.9 Å². The maximum atomic E-state index is 12.3. The minimum Gasteiger partial charge on any atom is -0.495 e. The van der Waals surface area contributed by atoms with E-state index in [1.807, 2.05) is 6.07 Å². The summed E-state index contributed by atoms with van der Waals surface area (Å²) in [4.78, 5) is 12.3. The maximum absolute atomic E-state index is 12.3. The van der Waals surface area contributed by atoms with Gasteiger partial charge in [0.05, 0.1) is 12.8 Å². The van der Waals surface area contributed by atoms with E-state index >= 15 is 0 Å². The molecule has 0 radical (unpaired) electrons. The van der Waals surface area contributed by atoms with E-state index in [1.165, 1.54) is 11.1 Å². The SMILES string of the molecule is COc1ccc(Cl)cc1NC(=O)CC1CCc2ccccc21. The summed E-state index contributed by atoms with van der Waals surface area (Å²) in [5.74, 6) is 0.897. The fourth-order valence-electron chi connectivity index (χ4n) is 3.06. The molecule has 2 aromatic rings. The highest BCUT2D eigenvalue weighted by Gasteiger charge is 2.24. The Morgan fingerprint density at radius 1 is 1.32 bits per heavy atom. The zero-order valence-corrected chi connectivity index (χ0v) is 13.2. The number of halogens is 1. The molecule has 3 rings (SSSR count). The molecule has 1 aliphatic rings. The van der Waals surface area contributed by atoms with E-state index in [0.29, 0.717) is 28.8 Å². The zero-order chi connectivity index (χ0) is 15.5. The highest BCUT2D eigenvalue weighted by molar-refractivity contribution is 6.31. The van der Waals surface area contributed by atoms with Gasteiger partial charge in [0, 0.05) is 11.4 Å². The van der Waals surface area contributed by atoms with E-state index in [2.05, 4.69) is 23.5 Å². The van der Waals surface area contributed by atoms with Crippen LogP contribution in [0.15, 0.2) is 42.5 Å². The van der Waals surface area contributed by atoms with Crippen molar-refractivity contribution in [2.24, 2.45) is 0 Å². The number of ether oxygens (including phenoxy) is 1. The number of aryl methyl sites for hydroxylation is 1. The molecule has 0 spiro atoms. The van der Waals surface area contributed by atoms with Gasteiger partial charge in [0.25, 0.3) is 0 Å². The number of fused-ring (bicyclic) bond motifs is 1. The van der Waals surface area contributed by atoms with Crippen molar-refractivity contribution in [3.05, 3.63) is 58.6 Å². The molecule has 4 heteroatoms. The summed E-state index contributed by atoms with van der Waals surface area (Å²) >= 11 is 5.99. The molecule has 0 saturated heterocycles. The van der Waals surface area contributed by atoms with Gasteiger partial charge in [0.2, 0.25) is 5.91 Å². The Kier molecular flexibility index (Phi) is 4.34. The van der Waals surface area contributed by atoms with Gasteiger partial charge in [0.15, 0.2) is 0 Å². The average Bonchev–Trinajstić information content (AvgIpc) is 2.91. The molecule has 0 bridgehead atoms. The molecule has 3 nitrogen and oxygen atoms in total. The summed E-state index contributed by atoms with van der Waals surface area (Å²) in [6.45, 7) is 0. The summed E-state index contributed by atoms with van der Waals surface area (Å²) in [6, 6.07) is 13.6. The predicted molar refractivity (Wildman–Crippen MR) is 88.8 cm³/mol. The van der Waals surface area contributed by atoms with Crippen molar-refractivity contribution in [3.63, 3.8) is 0 Å². The first kappa shape index (κ1) is 14.9. The number of carbonyl (C=O) groups excluding carboxylic acids is 1. The number of rotatable bonds is 4. The summed E-state index contributed by atoms with van der Waals surface area (Å²) in [5.41, 5.74) is 3.28. The van der Waals surface area contributed by atoms with Crippen molar-refractivity contribution < 1.29 is 9.53 Å². The van der Waals surface area contributed by atoms with Crippen molar-refractivity contribution in [2.45, 2.75) is 25.2 Å². The molecular formula is C18H18ClNO2. The van der Waals surface area contributed by atoms with Crippen LogP contribution in [0.3, 0.4) is 0 Å². The molecule has 1 aliphatic carbocycles. The molecule has 1 unspecified atom stereocenters. The smallest absolute Gasteiger partial charge is 0.225 e. The molecule has 0 aliphatic heterocycles. The van der Waals surface area contributed by atoms with Crippen LogP contribution in [-0.4, -0.2) is 13.0 Å². The second-order valence-corrected chi connectivity index (χ2v) is 5.97. The molecule has 0 heterocycles. The fourth-order valence-corrected chi connectivity index (χ4v) is 3.23. The first-order valence-electron chi connectivity index (χ1n) is 7.38. The minimum atomic E-state index is -0.0118. The first-order valence-corrected chi connectivity index (χ1v) is 7.76. The number of nitrogens with one attached hydrogen (secondary N) is 1. The van der Waals surface area contributed by atoms with E-state index in [9.17, 15) is 4.79 Å². The van der Waals surface area contributed by atoms with Crippen molar-refractivity contribution in [3.8, 4) is 5.75 Å². The van der Waals surface area contributed by atoms with Gasteiger partial charge >= 0.3 is 0 Å². The number of hydrogen-bond acceptors (Lipinski definition) is 2. The topological polar surface area (TPSA) is 38.3 Å². The van der Waals surface area contributed by atoms with Gasteiger partial charge < -0.3 is 10.1 Å². The lowest BCUT2D eigenvalue weighted by Gasteiger charge is -2.14. The van der Waals surface area contributed by atoms with Gasteiger partial charge in [-0.1, -0.05) is 35.9 Å². The minimum absolute atomic E-state index is 0.0118. The molecule has 0 aromatic heterocycles. The third-order valence-corrected chi connectivity index (χ3v) is 4.36. The van der Waals surface area contributed by atoms with Gasteiger partial charge in [0.1, 0.15) is 5.75 Å². The second kappa shape index (κ2) is 6.41. The van der Waals surface area contributed by atoms with E-state index in [1.54, 1.807) is 25.3 Å². The zero-order valence-electron chi connectivity index (χ0n) is 12.4. The van der Waals surface area contributed by atoms with E-state index < -0.39 is 0 Å². The molecule has 114 valence electrons. The van der Waals surface area contributed by atoms with Crippen LogP contribution in [0.2, 0.25) is 5.02 Å². The van der Waals surface area contributed by atoms with Crippen LogP contribution in [0, 0.1) is 0 Å². The molecule has 22 heavy (non-hydrogen) atoms. The molecule has 1 atom stereocenters. The Labute approximate surface area is 135 Å². The maximum Gasteiger partial charge on any atom is 0.225 e. The number of amides is 1. The Morgan fingerprint density at radius 3 is 2.95 bits per heavy atom. The van der Waals surface area contributed by atoms with Crippen molar-refractivity contribution in [1.29, 1.82) is 0 Å². The molecular weight excluding hydrogens is 298 g/mol. The number of benzene rings is 2. The van der Waals surface area contributed by atoms with Crippen molar-refractivity contribution in [2.75, 3.05) is 12.4 Å². The van der Waals surface area contributed by atoms with Crippen molar-refractivity contribution >= 4 is 23.2 Å². The third-order valence-electron chi connectivity index (χ3n) is 4.12. The highest BCUT2D eigenvalue weighted by atomic mass is 35.5. The second-order valence-electron chi connectivity index (χ2n) is 5.53. The molecule has 1 N–H and O–H groups in total. The van der Waals surface area contributed by atoms with Gasteiger partial charge in [-0.05, 0) is 48.1 Å². The van der Waals surface area contributed by atoms with Gasteiger partial charge in [-0.3, -0.25) is 4.79 Å². The standard InChI is InChI=1S/C18H18ClNO2/c1-22-17-9-8-14(19)11-16(17)20-18(21)10-13-7-6-12-4-2-3-5-15(12)13/h2-5,8-9,11,13H,6-7,10H2,1H3,(H,20,21). The number of methoxy groups -OCH3 is 1. The monoisotopic (exact) mass is 315 g/mol. The van der Waals surface area contributed by atoms with Crippen LogP contribution in [0.4, 0.5) is 5.69 Å². The van der Waals surface area contributed by atoms with Crippen LogP contribution < -0.4 is 10.1 Å². The van der Waals surface area contributed by atoms with Crippen LogP contribution >= 0.6 is 11.6 Å². The Bertz CT molecular complexity index is 699. The Hall–Kier alpha value is -2.00. The van der Waals surface area contributed by atoms with Crippen molar-refractivity contribution in [1.82, 2.24) is 0 Å². The molecule has 2 aromatic carbocycles. The summed E-state index contributed by atoms with van der Waals surface area (Å²) in [6.07, 6.45) is 2.56. The Balaban J connectivity index is 1.70. The molecule has 0 saturated carbocycles. The third kappa shape index (κ3) is 3.09. The van der Waals surface area contributed by atoms with E-state index in [-0.39, 0.29) is 5.91 Å². The lowest BCUT2D eigenvalue weighted by atomic mass is 9.97. The van der Waals surface area contributed by atoms with E-state index in [4.69, 9.17) is 16.3 Å². The summed E-state index contributed by atoms with van der Waals surface area (Å²) < 4.78 is 5.25. The number of hydrogen-bond donors (Lipinski definition) is 1. The fraction of sp³-hybridized carbons (Fsp3) is 0.278. The first-order chi connectivity index (χ1) is 10.7. The van der Waals surface area contributed by atoms with Crippen LogP contribution in [-0.2, 0) is 11.2 Å². The lowest BCUT2D eigenvalue weighted by molar-refractivity contribution is -0.116. The van der Waals surface area contributed by atoms with Gasteiger partial charge in [-0.25, -0.2) is 0 Å². The lowest BCUT2D eigenvalue weighted by Crippen LogP contribution is -2.15. The largest absolute Gasteiger partial charge is 0.495 e. The Morgan fingerprint density at radius 2 is 2.14 bits per heavy atom. The van der Waals surface area contributed by atoms with Crippen LogP contribution in [0.5, 0.6) is 5.75 Å². The predicted octanol–water partition coefficient (Wildman–Crippen LogP) is 4.41. The summed E-state index contributed by atoms with van der Waals surface area (Å²) in [5, 5.41) is 3.48. The quantitative estimate of drug-likeness (QED) is 0.907.